The molecular formula is C25H22N6O3. The van der Waals surface area contributed by atoms with Gasteiger partial charge in [-0.25, -0.2) is 0 Å². The summed E-state index contributed by atoms with van der Waals surface area (Å²) in [6, 6.07) is 20.3. The van der Waals surface area contributed by atoms with Crippen LogP contribution in [-0.4, -0.2) is 53.3 Å². The van der Waals surface area contributed by atoms with E-state index >= 15 is 0 Å². The minimum absolute atomic E-state index is 0.0720. The molecule has 170 valence electrons. The fourth-order valence-corrected chi connectivity index (χ4v) is 3.58. The fourth-order valence-electron chi connectivity index (χ4n) is 3.58. The Morgan fingerprint density at radius 2 is 1.74 bits per heavy atom. The van der Waals surface area contributed by atoms with Gasteiger partial charge in [-0.1, -0.05) is 30.3 Å². The molecule has 34 heavy (non-hydrogen) atoms. The zero-order valence-corrected chi connectivity index (χ0v) is 18.5. The molecule has 0 radical (unpaired) electrons. The van der Waals surface area contributed by atoms with Gasteiger partial charge in [0.25, 0.3) is 0 Å². The summed E-state index contributed by atoms with van der Waals surface area (Å²) in [6.45, 7) is 2.32. The molecule has 0 aliphatic carbocycles. The van der Waals surface area contributed by atoms with E-state index in [0.717, 1.165) is 5.69 Å². The largest absolute Gasteiger partial charge is 0.505 e. The quantitative estimate of drug-likeness (QED) is 0.341. The molecule has 0 unspecified atom stereocenters. The van der Waals surface area contributed by atoms with E-state index in [2.05, 4.69) is 10.2 Å². The molecule has 1 saturated heterocycles. The molecule has 1 fully saturated rings. The maximum Gasteiger partial charge on any atom is 0.232 e. The van der Waals surface area contributed by atoms with Crippen LogP contribution in [0.25, 0.3) is 17.3 Å². The second kappa shape index (κ2) is 10.3. The van der Waals surface area contributed by atoms with Gasteiger partial charge in [-0.3, -0.25) is 4.57 Å². The topological polar surface area (TPSA) is 120 Å². The molecule has 4 rings (SSSR count). The van der Waals surface area contributed by atoms with Gasteiger partial charge in [0, 0.05) is 13.1 Å². The van der Waals surface area contributed by atoms with Gasteiger partial charge in [0.05, 0.1) is 31.6 Å². The van der Waals surface area contributed by atoms with Crippen molar-refractivity contribution in [2.24, 2.45) is 0 Å². The molecule has 0 bridgehead atoms. The number of para-hydroxylation sites is 1. The number of morpholine rings is 1. The lowest BCUT2D eigenvalue weighted by atomic mass is 10.1. The van der Waals surface area contributed by atoms with Crippen LogP contribution in [-0.2, 0) is 4.74 Å². The fraction of sp³-hybridized carbons (Fsp3) is 0.200. The van der Waals surface area contributed by atoms with Crippen LogP contribution in [0.2, 0.25) is 0 Å². The average Bonchev–Trinajstić information content (AvgIpc) is 3.33. The molecule has 0 amide bonds. The predicted octanol–water partition coefficient (Wildman–Crippen LogP) is 3.51. The first-order valence-electron chi connectivity index (χ1n) is 10.6. The van der Waals surface area contributed by atoms with Crippen LogP contribution < -0.4 is 9.64 Å². The highest BCUT2D eigenvalue weighted by atomic mass is 16.5. The first kappa shape index (κ1) is 22.6. The van der Waals surface area contributed by atoms with E-state index in [1.165, 1.54) is 6.08 Å². The van der Waals surface area contributed by atoms with E-state index in [0.29, 0.717) is 43.6 Å². The molecular weight excluding hydrogens is 432 g/mol. The van der Waals surface area contributed by atoms with E-state index < -0.39 is 5.76 Å². The summed E-state index contributed by atoms with van der Waals surface area (Å²) in [6.07, 6.45) is 1.50. The molecule has 0 saturated carbocycles. The summed E-state index contributed by atoms with van der Waals surface area (Å²) >= 11 is 0. The first-order chi connectivity index (χ1) is 16.7. The van der Waals surface area contributed by atoms with Crippen molar-refractivity contribution < 1.29 is 14.6 Å². The first-order valence-corrected chi connectivity index (χ1v) is 10.6. The molecule has 9 heteroatoms. The molecule has 2 heterocycles. The molecule has 0 spiro atoms. The summed E-state index contributed by atoms with van der Waals surface area (Å²) in [4.78, 5) is 2.01. The lowest BCUT2D eigenvalue weighted by Crippen LogP contribution is -2.38. The number of allylic oxidation sites excluding steroid dienone is 2. The Balaban J connectivity index is 1.83. The third-order valence-corrected chi connectivity index (χ3v) is 5.33. The van der Waals surface area contributed by atoms with Crippen LogP contribution in [0.3, 0.4) is 0 Å². The SMILES string of the molecule is COc1ccc(/C=C(C#N)/C(O)=C(\C#N)c2nnc(N3CCOCC3)n2-c2ccccc2)cc1. The second-order valence-electron chi connectivity index (χ2n) is 7.37. The molecule has 0 atom stereocenters. The molecule has 1 aromatic heterocycles. The normalized spacial score (nSPS) is 14.7. The highest BCUT2D eigenvalue weighted by molar-refractivity contribution is 5.82. The van der Waals surface area contributed by atoms with E-state index in [1.807, 2.05) is 47.4 Å². The summed E-state index contributed by atoms with van der Waals surface area (Å²) in [5, 5.41) is 39.3. The average molecular weight is 454 g/mol. The van der Waals surface area contributed by atoms with Crippen molar-refractivity contribution in [3.05, 3.63) is 77.3 Å². The summed E-state index contributed by atoms with van der Waals surface area (Å²) < 4.78 is 12.3. The Hall–Kier alpha value is -4.60. The van der Waals surface area contributed by atoms with Gasteiger partial charge in [0.15, 0.2) is 11.6 Å². The van der Waals surface area contributed by atoms with Crippen LogP contribution in [0.15, 0.2) is 65.9 Å². The number of nitriles is 2. The Kier molecular flexibility index (Phi) is 6.87. The zero-order chi connectivity index (χ0) is 23.9. The van der Waals surface area contributed by atoms with Crippen molar-refractivity contribution in [3.63, 3.8) is 0 Å². The number of aliphatic hydroxyl groups is 1. The number of aliphatic hydroxyl groups excluding tert-OH is 1. The molecule has 3 aromatic rings. The number of benzene rings is 2. The standard InChI is InChI=1S/C25H22N6O3/c1-33-21-9-7-18(8-10-21)15-19(16-26)23(32)22(17-27)24-28-29-25(30-11-13-34-14-12-30)31(24)20-5-3-2-4-6-20/h2-10,15,32H,11-14H2,1H3/b19-15+,23-22-. The van der Waals surface area contributed by atoms with Crippen LogP contribution in [0.1, 0.15) is 11.4 Å². The van der Waals surface area contributed by atoms with E-state index in [-0.39, 0.29) is 17.0 Å². The minimum Gasteiger partial charge on any atom is -0.505 e. The van der Waals surface area contributed by atoms with Crippen LogP contribution >= 0.6 is 0 Å². The molecule has 9 nitrogen and oxygen atoms in total. The number of ether oxygens (including phenoxy) is 2. The Morgan fingerprint density at radius 1 is 1.03 bits per heavy atom. The van der Waals surface area contributed by atoms with Crippen molar-refractivity contribution in [1.82, 2.24) is 14.8 Å². The third kappa shape index (κ3) is 4.60. The number of nitrogens with zero attached hydrogens (tertiary/aromatic N) is 6. The zero-order valence-electron chi connectivity index (χ0n) is 18.5. The molecule has 2 aromatic carbocycles. The van der Waals surface area contributed by atoms with Crippen molar-refractivity contribution in [2.45, 2.75) is 0 Å². The van der Waals surface area contributed by atoms with Gasteiger partial charge in [-0.15, -0.1) is 10.2 Å². The Morgan fingerprint density at radius 3 is 2.35 bits per heavy atom. The van der Waals surface area contributed by atoms with E-state index in [9.17, 15) is 15.6 Å². The maximum atomic E-state index is 11.0. The van der Waals surface area contributed by atoms with E-state index in [1.54, 1.807) is 35.9 Å². The predicted molar refractivity (Wildman–Crippen MR) is 126 cm³/mol. The smallest absolute Gasteiger partial charge is 0.232 e. The highest BCUT2D eigenvalue weighted by Crippen LogP contribution is 2.28. The summed E-state index contributed by atoms with van der Waals surface area (Å²) in [5.41, 5.74) is 1.16. The lowest BCUT2D eigenvalue weighted by Gasteiger charge is -2.28. The molecule has 1 aliphatic heterocycles. The van der Waals surface area contributed by atoms with Gasteiger partial charge >= 0.3 is 0 Å². The highest BCUT2D eigenvalue weighted by Gasteiger charge is 2.26. The second-order valence-corrected chi connectivity index (χ2v) is 7.37. The van der Waals surface area contributed by atoms with Gasteiger partial charge < -0.3 is 19.5 Å². The van der Waals surface area contributed by atoms with Gasteiger partial charge in [0.1, 0.15) is 23.5 Å². The Labute approximate surface area is 197 Å². The van der Waals surface area contributed by atoms with Crippen LogP contribution in [0.5, 0.6) is 5.75 Å². The van der Waals surface area contributed by atoms with Crippen LogP contribution in [0, 0.1) is 22.7 Å². The third-order valence-electron chi connectivity index (χ3n) is 5.33. The van der Waals surface area contributed by atoms with Crippen molar-refractivity contribution >= 4 is 17.6 Å². The number of anilines is 1. The monoisotopic (exact) mass is 454 g/mol. The van der Waals surface area contributed by atoms with Gasteiger partial charge in [-0.2, -0.15) is 10.5 Å². The molecule has 1 aliphatic rings. The van der Waals surface area contributed by atoms with Gasteiger partial charge in [0.2, 0.25) is 5.95 Å². The number of aromatic nitrogens is 3. The summed E-state index contributed by atoms with van der Waals surface area (Å²) in [7, 11) is 1.56. The van der Waals surface area contributed by atoms with Gasteiger partial charge in [-0.05, 0) is 35.9 Å². The maximum absolute atomic E-state index is 11.0. The van der Waals surface area contributed by atoms with Crippen molar-refractivity contribution in [3.8, 4) is 23.6 Å². The number of methoxy groups -OCH3 is 1. The minimum atomic E-state index is -0.473. The van der Waals surface area contributed by atoms with Crippen LogP contribution in [0.4, 0.5) is 5.95 Å². The molecule has 1 N–H and O–H groups in total. The lowest BCUT2D eigenvalue weighted by molar-refractivity contribution is 0.122. The summed E-state index contributed by atoms with van der Waals surface area (Å²) in [5.74, 6) is 0.866. The Bertz CT molecular complexity index is 1290. The van der Waals surface area contributed by atoms with Crippen molar-refractivity contribution in [2.75, 3.05) is 38.3 Å². The number of rotatable bonds is 6. The van der Waals surface area contributed by atoms with Crippen molar-refractivity contribution in [1.29, 1.82) is 10.5 Å². The number of hydrogen-bond donors (Lipinski definition) is 1. The van der Waals surface area contributed by atoms with E-state index in [4.69, 9.17) is 9.47 Å². The number of hydrogen-bond acceptors (Lipinski definition) is 8.